The van der Waals surface area contributed by atoms with E-state index in [1.165, 1.54) is 0 Å². The number of nitriles is 1. The van der Waals surface area contributed by atoms with Crippen molar-refractivity contribution in [1.29, 1.82) is 5.26 Å². The number of pyridine rings is 1. The molecule has 3 rings (SSSR count). The molecule has 0 aliphatic heterocycles. The second kappa shape index (κ2) is 6.97. The standard InChI is InChI=1S/C17H22N6O/c1-10(2)20-16-15-11(7-13(8-18)21-16)9-19-17(23-15)22-12-3-5-14(24)6-4-12/h7,9-10,12,14,24H,3-6H2,1-2H3,(H,20,21)(H,19,22,23). The molecule has 0 radical (unpaired) electrons. The smallest absolute Gasteiger partial charge is 0.223 e. The third-order valence-corrected chi connectivity index (χ3v) is 4.14. The zero-order chi connectivity index (χ0) is 17.1. The minimum atomic E-state index is -0.184. The van der Waals surface area contributed by atoms with Crippen molar-refractivity contribution in [2.75, 3.05) is 10.6 Å². The highest BCUT2D eigenvalue weighted by Gasteiger charge is 2.20. The van der Waals surface area contributed by atoms with Gasteiger partial charge in [-0.15, -0.1) is 0 Å². The third kappa shape index (κ3) is 3.71. The summed E-state index contributed by atoms with van der Waals surface area (Å²) in [5, 5.41) is 26.1. The van der Waals surface area contributed by atoms with Gasteiger partial charge in [0, 0.05) is 23.7 Å². The van der Waals surface area contributed by atoms with Gasteiger partial charge in [-0.1, -0.05) is 0 Å². The average Bonchev–Trinajstić information content (AvgIpc) is 2.56. The molecule has 3 N–H and O–H groups in total. The number of hydrogen-bond acceptors (Lipinski definition) is 7. The number of fused-ring (bicyclic) bond motifs is 1. The first-order valence-electron chi connectivity index (χ1n) is 8.34. The molecule has 0 spiro atoms. The number of nitrogens with one attached hydrogen (secondary N) is 2. The average molecular weight is 326 g/mol. The lowest BCUT2D eigenvalue weighted by Crippen LogP contribution is -2.28. The van der Waals surface area contributed by atoms with Gasteiger partial charge in [0.15, 0.2) is 5.82 Å². The summed E-state index contributed by atoms with van der Waals surface area (Å²) in [6, 6.07) is 4.23. The van der Waals surface area contributed by atoms with Crippen LogP contribution in [0.5, 0.6) is 0 Å². The van der Waals surface area contributed by atoms with E-state index in [0.717, 1.165) is 31.1 Å². The van der Waals surface area contributed by atoms with Gasteiger partial charge in [-0.25, -0.2) is 15.0 Å². The maximum absolute atomic E-state index is 9.60. The molecular weight excluding hydrogens is 304 g/mol. The van der Waals surface area contributed by atoms with Crippen molar-refractivity contribution in [3.05, 3.63) is 18.0 Å². The van der Waals surface area contributed by atoms with Gasteiger partial charge in [0.05, 0.1) is 6.10 Å². The highest BCUT2D eigenvalue weighted by molar-refractivity contribution is 5.89. The Morgan fingerprint density at radius 1 is 1.25 bits per heavy atom. The van der Waals surface area contributed by atoms with E-state index in [4.69, 9.17) is 5.26 Å². The largest absolute Gasteiger partial charge is 0.393 e. The predicted octanol–water partition coefficient (Wildman–Crippen LogP) is 2.43. The lowest BCUT2D eigenvalue weighted by Gasteiger charge is -2.26. The molecule has 0 saturated heterocycles. The first-order chi connectivity index (χ1) is 11.5. The van der Waals surface area contributed by atoms with Crippen LogP contribution in [0.3, 0.4) is 0 Å². The van der Waals surface area contributed by atoms with E-state index in [1.807, 2.05) is 13.8 Å². The Bertz CT molecular complexity index is 762. The van der Waals surface area contributed by atoms with Gasteiger partial charge in [-0.3, -0.25) is 0 Å². The van der Waals surface area contributed by atoms with Crippen LogP contribution < -0.4 is 10.6 Å². The Labute approximate surface area is 141 Å². The van der Waals surface area contributed by atoms with Crippen molar-refractivity contribution in [2.24, 2.45) is 0 Å². The second-order valence-electron chi connectivity index (χ2n) is 6.55. The summed E-state index contributed by atoms with van der Waals surface area (Å²) in [6.07, 6.45) is 4.96. The zero-order valence-corrected chi connectivity index (χ0v) is 14.0. The number of rotatable bonds is 4. The van der Waals surface area contributed by atoms with E-state index in [-0.39, 0.29) is 18.2 Å². The summed E-state index contributed by atoms with van der Waals surface area (Å²) in [6.45, 7) is 4.03. The van der Waals surface area contributed by atoms with Crippen LogP contribution in [-0.4, -0.2) is 38.2 Å². The number of hydrogen-bond donors (Lipinski definition) is 3. The van der Waals surface area contributed by atoms with E-state index in [2.05, 4.69) is 31.7 Å². The number of aliphatic hydroxyl groups is 1. The SMILES string of the molecule is CC(C)Nc1nc(C#N)cc2cnc(NC3CCC(O)CC3)nc12. The van der Waals surface area contributed by atoms with Crippen molar-refractivity contribution in [3.63, 3.8) is 0 Å². The lowest BCUT2D eigenvalue weighted by atomic mass is 9.93. The molecule has 0 aromatic carbocycles. The van der Waals surface area contributed by atoms with E-state index in [1.54, 1.807) is 12.3 Å². The molecule has 2 aromatic heterocycles. The minimum Gasteiger partial charge on any atom is -0.393 e. The first-order valence-corrected chi connectivity index (χ1v) is 8.34. The van der Waals surface area contributed by atoms with E-state index >= 15 is 0 Å². The van der Waals surface area contributed by atoms with Gasteiger partial charge in [-0.2, -0.15) is 5.26 Å². The molecule has 126 valence electrons. The summed E-state index contributed by atoms with van der Waals surface area (Å²) in [4.78, 5) is 13.3. The number of aromatic nitrogens is 3. The molecule has 0 amide bonds. The second-order valence-corrected chi connectivity index (χ2v) is 6.55. The van der Waals surface area contributed by atoms with Crippen molar-refractivity contribution in [2.45, 2.75) is 57.7 Å². The quantitative estimate of drug-likeness (QED) is 0.792. The summed E-state index contributed by atoms with van der Waals surface area (Å²) in [7, 11) is 0. The predicted molar refractivity (Wildman–Crippen MR) is 92.7 cm³/mol. The molecule has 1 fully saturated rings. The molecule has 2 heterocycles. The fourth-order valence-electron chi connectivity index (χ4n) is 2.94. The lowest BCUT2D eigenvalue weighted by molar-refractivity contribution is 0.126. The Morgan fingerprint density at radius 2 is 2.00 bits per heavy atom. The van der Waals surface area contributed by atoms with Crippen LogP contribution in [-0.2, 0) is 0 Å². The maximum atomic E-state index is 9.60. The van der Waals surface area contributed by atoms with Gasteiger partial charge in [0.2, 0.25) is 5.95 Å². The molecule has 1 aliphatic rings. The van der Waals surface area contributed by atoms with Crippen molar-refractivity contribution in [3.8, 4) is 6.07 Å². The van der Waals surface area contributed by atoms with Crippen LogP contribution in [0.25, 0.3) is 10.9 Å². The van der Waals surface area contributed by atoms with E-state index < -0.39 is 0 Å². The Morgan fingerprint density at radius 3 is 2.67 bits per heavy atom. The topological polar surface area (TPSA) is 107 Å². The first kappa shape index (κ1) is 16.4. The summed E-state index contributed by atoms with van der Waals surface area (Å²) in [5.74, 6) is 1.16. The van der Waals surface area contributed by atoms with E-state index in [9.17, 15) is 5.11 Å². The van der Waals surface area contributed by atoms with Crippen molar-refractivity contribution >= 4 is 22.7 Å². The van der Waals surface area contributed by atoms with Crippen LogP contribution in [0, 0.1) is 11.3 Å². The van der Waals surface area contributed by atoms with Crippen molar-refractivity contribution in [1.82, 2.24) is 15.0 Å². The normalized spacial score (nSPS) is 20.8. The fraction of sp³-hybridized carbons (Fsp3) is 0.529. The molecule has 1 aliphatic carbocycles. The van der Waals surface area contributed by atoms with Crippen LogP contribution in [0.4, 0.5) is 11.8 Å². The summed E-state index contributed by atoms with van der Waals surface area (Å²) < 4.78 is 0. The zero-order valence-electron chi connectivity index (χ0n) is 14.0. The van der Waals surface area contributed by atoms with Gasteiger partial charge >= 0.3 is 0 Å². The highest BCUT2D eigenvalue weighted by Crippen LogP contribution is 2.24. The molecule has 2 aromatic rings. The molecule has 0 unspecified atom stereocenters. The Balaban J connectivity index is 1.90. The van der Waals surface area contributed by atoms with Crippen LogP contribution in [0.1, 0.15) is 45.2 Å². The molecule has 7 nitrogen and oxygen atoms in total. The van der Waals surface area contributed by atoms with Gasteiger partial charge < -0.3 is 15.7 Å². The molecule has 7 heteroatoms. The van der Waals surface area contributed by atoms with Crippen LogP contribution >= 0.6 is 0 Å². The molecule has 1 saturated carbocycles. The number of aliphatic hydroxyl groups excluding tert-OH is 1. The summed E-state index contributed by atoms with van der Waals surface area (Å²) in [5.41, 5.74) is 1.05. The summed E-state index contributed by atoms with van der Waals surface area (Å²) >= 11 is 0. The number of nitrogens with zero attached hydrogens (tertiary/aromatic N) is 4. The van der Waals surface area contributed by atoms with Crippen LogP contribution in [0.15, 0.2) is 12.3 Å². The molecule has 0 bridgehead atoms. The Kier molecular flexibility index (Phi) is 4.76. The molecule has 0 atom stereocenters. The molecule has 24 heavy (non-hydrogen) atoms. The third-order valence-electron chi connectivity index (χ3n) is 4.14. The minimum absolute atomic E-state index is 0.181. The monoisotopic (exact) mass is 326 g/mol. The Hall–Kier alpha value is -2.46. The van der Waals surface area contributed by atoms with Crippen LogP contribution in [0.2, 0.25) is 0 Å². The van der Waals surface area contributed by atoms with Gasteiger partial charge in [0.25, 0.3) is 0 Å². The maximum Gasteiger partial charge on any atom is 0.223 e. The fourth-order valence-corrected chi connectivity index (χ4v) is 2.94. The highest BCUT2D eigenvalue weighted by atomic mass is 16.3. The number of anilines is 2. The molecular formula is C17H22N6O. The van der Waals surface area contributed by atoms with Gasteiger partial charge in [-0.05, 0) is 45.6 Å². The van der Waals surface area contributed by atoms with Gasteiger partial charge in [0.1, 0.15) is 17.3 Å². The van der Waals surface area contributed by atoms with E-state index in [0.29, 0.717) is 23.0 Å². The van der Waals surface area contributed by atoms with Crippen molar-refractivity contribution < 1.29 is 5.11 Å².